The average Bonchev–Trinajstić information content (AvgIpc) is 2.01. The first-order chi connectivity index (χ1) is 5.70. The van der Waals surface area contributed by atoms with Crippen molar-refractivity contribution in [2.75, 3.05) is 19.9 Å². The topological polar surface area (TPSA) is 52.6 Å². The van der Waals surface area contributed by atoms with Crippen LogP contribution in [0.2, 0.25) is 0 Å². The molecule has 4 nitrogen and oxygen atoms in total. The number of carbonyl (C=O) groups is 2. The second kappa shape index (κ2) is 6.57. The van der Waals surface area contributed by atoms with Gasteiger partial charge in [-0.25, -0.2) is 4.39 Å². The molecule has 0 unspecified atom stereocenters. The third kappa shape index (κ3) is 5.64. The molecule has 0 radical (unpaired) electrons. The van der Waals surface area contributed by atoms with Gasteiger partial charge in [-0.2, -0.15) is 0 Å². The van der Waals surface area contributed by atoms with Crippen LogP contribution in [-0.4, -0.2) is 31.8 Å². The predicted molar refractivity (Wildman–Crippen MR) is 38.2 cm³/mol. The summed E-state index contributed by atoms with van der Waals surface area (Å²) >= 11 is 0. The summed E-state index contributed by atoms with van der Waals surface area (Å²) in [6, 6.07) is 0. The fraction of sp³-hybridized carbons (Fsp3) is 0.714. The summed E-state index contributed by atoms with van der Waals surface area (Å²) in [4.78, 5) is 21.2. The Hall–Kier alpha value is -1.13. The highest BCUT2D eigenvalue weighted by Gasteiger charge is 2.10. The number of esters is 2. The fourth-order valence-electron chi connectivity index (χ4n) is 0.533. The molecule has 0 N–H and O–H groups in total. The van der Waals surface area contributed by atoms with Crippen molar-refractivity contribution < 1.29 is 23.5 Å². The molecule has 0 heterocycles. The summed E-state index contributed by atoms with van der Waals surface area (Å²) in [6.45, 7) is 0.798. The van der Waals surface area contributed by atoms with Crippen LogP contribution in [0.4, 0.5) is 4.39 Å². The number of rotatable bonds is 5. The lowest BCUT2D eigenvalue weighted by atomic mass is 10.4. The Morgan fingerprint density at radius 1 is 1.25 bits per heavy atom. The average molecular weight is 178 g/mol. The van der Waals surface area contributed by atoms with Crippen LogP contribution in [0.5, 0.6) is 0 Å². The van der Waals surface area contributed by atoms with Crippen molar-refractivity contribution in [1.82, 2.24) is 0 Å². The monoisotopic (exact) mass is 178 g/mol. The van der Waals surface area contributed by atoms with Gasteiger partial charge in [0.05, 0.1) is 6.61 Å². The Balaban J connectivity index is 3.47. The quantitative estimate of drug-likeness (QED) is 0.453. The van der Waals surface area contributed by atoms with Crippen LogP contribution >= 0.6 is 0 Å². The molecule has 0 aromatic rings. The predicted octanol–water partition coefficient (Wildman–Crippen LogP) is 0.452. The van der Waals surface area contributed by atoms with Gasteiger partial charge in [-0.1, -0.05) is 0 Å². The summed E-state index contributed by atoms with van der Waals surface area (Å²) < 4.78 is 20.2. The molecule has 0 bridgehead atoms. The number of carbonyl (C=O) groups excluding carboxylic acids is 2. The first kappa shape index (κ1) is 10.9. The van der Waals surface area contributed by atoms with Crippen LogP contribution in [-0.2, 0) is 19.1 Å². The minimum absolute atomic E-state index is 0.217. The largest absolute Gasteiger partial charge is 0.466 e. The second-order valence-corrected chi connectivity index (χ2v) is 1.89. The summed E-state index contributed by atoms with van der Waals surface area (Å²) in [5.74, 6) is -1.41. The van der Waals surface area contributed by atoms with Crippen molar-refractivity contribution in [2.24, 2.45) is 0 Å². The van der Waals surface area contributed by atoms with Gasteiger partial charge < -0.3 is 9.47 Å². The number of hydrogen-bond acceptors (Lipinski definition) is 4. The van der Waals surface area contributed by atoms with Crippen LogP contribution in [0.1, 0.15) is 13.3 Å². The first-order valence-electron chi connectivity index (χ1n) is 3.58. The van der Waals surface area contributed by atoms with Crippen molar-refractivity contribution in [3.8, 4) is 0 Å². The molecule has 0 fully saturated rings. The van der Waals surface area contributed by atoms with Crippen LogP contribution in [0.15, 0.2) is 0 Å². The summed E-state index contributed by atoms with van der Waals surface area (Å²) in [5, 5.41) is 0. The Morgan fingerprint density at radius 3 is 2.33 bits per heavy atom. The highest BCUT2D eigenvalue weighted by atomic mass is 19.1. The number of hydrogen-bond donors (Lipinski definition) is 0. The SMILES string of the molecule is CCOC(=O)CC(=O)OCCF. The smallest absolute Gasteiger partial charge is 0.317 e. The molecule has 12 heavy (non-hydrogen) atoms. The molecule has 0 aromatic heterocycles. The zero-order chi connectivity index (χ0) is 9.40. The molecule has 0 saturated carbocycles. The van der Waals surface area contributed by atoms with Gasteiger partial charge in [-0.15, -0.1) is 0 Å². The molecule has 0 saturated heterocycles. The van der Waals surface area contributed by atoms with Gasteiger partial charge in [0.1, 0.15) is 19.7 Å². The van der Waals surface area contributed by atoms with Crippen molar-refractivity contribution >= 4 is 11.9 Å². The summed E-state index contributed by atoms with van der Waals surface area (Å²) in [5.41, 5.74) is 0. The molecule has 70 valence electrons. The van der Waals surface area contributed by atoms with Crippen LogP contribution in [0.25, 0.3) is 0 Å². The summed E-state index contributed by atoms with van der Waals surface area (Å²) in [7, 11) is 0. The second-order valence-electron chi connectivity index (χ2n) is 1.89. The van der Waals surface area contributed by atoms with E-state index in [1.165, 1.54) is 0 Å². The molecule has 0 amide bonds. The maximum Gasteiger partial charge on any atom is 0.317 e. The van der Waals surface area contributed by atoms with Gasteiger partial charge in [0.25, 0.3) is 0 Å². The van der Waals surface area contributed by atoms with E-state index in [0.717, 1.165) is 0 Å². The van der Waals surface area contributed by atoms with Crippen LogP contribution in [0, 0.1) is 0 Å². The normalized spacial score (nSPS) is 9.17. The third-order valence-corrected chi connectivity index (χ3v) is 0.934. The molecule has 0 aliphatic rings. The van der Waals surface area contributed by atoms with Crippen molar-refractivity contribution in [2.45, 2.75) is 13.3 Å². The lowest BCUT2D eigenvalue weighted by Crippen LogP contribution is -2.14. The van der Waals surface area contributed by atoms with E-state index in [-0.39, 0.29) is 13.2 Å². The van der Waals surface area contributed by atoms with E-state index >= 15 is 0 Å². The molecular weight excluding hydrogens is 167 g/mol. The standard InChI is InChI=1S/C7H11FO4/c1-2-11-6(9)5-7(10)12-4-3-8/h2-5H2,1H3. The van der Waals surface area contributed by atoms with Gasteiger partial charge in [0.2, 0.25) is 0 Å². The number of alkyl halides is 1. The van der Waals surface area contributed by atoms with E-state index in [4.69, 9.17) is 0 Å². The number of halogens is 1. The van der Waals surface area contributed by atoms with E-state index in [1.807, 2.05) is 0 Å². The van der Waals surface area contributed by atoms with E-state index in [9.17, 15) is 14.0 Å². The number of ether oxygens (including phenoxy) is 2. The minimum Gasteiger partial charge on any atom is -0.466 e. The van der Waals surface area contributed by atoms with Crippen LogP contribution < -0.4 is 0 Å². The van der Waals surface area contributed by atoms with E-state index in [2.05, 4.69) is 9.47 Å². The molecule has 0 atom stereocenters. The van der Waals surface area contributed by atoms with Gasteiger partial charge in [-0.3, -0.25) is 9.59 Å². The van der Waals surface area contributed by atoms with Gasteiger partial charge in [0.15, 0.2) is 0 Å². The third-order valence-electron chi connectivity index (χ3n) is 0.934. The van der Waals surface area contributed by atoms with E-state index in [0.29, 0.717) is 0 Å². The Morgan fingerprint density at radius 2 is 1.83 bits per heavy atom. The highest BCUT2D eigenvalue weighted by Crippen LogP contribution is 1.90. The molecule has 0 rings (SSSR count). The fourth-order valence-corrected chi connectivity index (χ4v) is 0.533. The van der Waals surface area contributed by atoms with Gasteiger partial charge in [-0.05, 0) is 6.92 Å². The molecule has 0 aromatic carbocycles. The highest BCUT2D eigenvalue weighted by molar-refractivity contribution is 5.91. The molecule has 5 heteroatoms. The Bertz CT molecular complexity index is 157. The Kier molecular flexibility index (Phi) is 5.95. The Labute approximate surface area is 69.6 Å². The first-order valence-corrected chi connectivity index (χ1v) is 3.58. The van der Waals surface area contributed by atoms with Crippen molar-refractivity contribution in [1.29, 1.82) is 0 Å². The maximum absolute atomic E-state index is 11.4. The van der Waals surface area contributed by atoms with Gasteiger partial charge in [0, 0.05) is 0 Å². The van der Waals surface area contributed by atoms with Gasteiger partial charge >= 0.3 is 11.9 Å². The minimum atomic E-state index is -0.758. The van der Waals surface area contributed by atoms with E-state index < -0.39 is 25.0 Å². The lowest BCUT2D eigenvalue weighted by molar-refractivity contribution is -0.154. The molecular formula is C7H11FO4. The molecule has 0 aliphatic carbocycles. The van der Waals surface area contributed by atoms with E-state index in [1.54, 1.807) is 6.92 Å². The lowest BCUT2D eigenvalue weighted by Gasteiger charge is -2.01. The van der Waals surface area contributed by atoms with Crippen LogP contribution in [0.3, 0.4) is 0 Å². The zero-order valence-electron chi connectivity index (χ0n) is 6.84. The van der Waals surface area contributed by atoms with Crippen molar-refractivity contribution in [3.05, 3.63) is 0 Å². The summed E-state index contributed by atoms with van der Waals surface area (Å²) in [6.07, 6.45) is -0.451. The molecule has 0 aliphatic heterocycles. The maximum atomic E-state index is 11.4. The molecule has 0 spiro atoms. The van der Waals surface area contributed by atoms with Crippen molar-refractivity contribution in [3.63, 3.8) is 0 Å². The zero-order valence-corrected chi connectivity index (χ0v) is 6.84.